The van der Waals surface area contributed by atoms with Gasteiger partial charge in [0, 0.05) is 17.3 Å². The zero-order valence-electron chi connectivity index (χ0n) is 10.6. The van der Waals surface area contributed by atoms with Crippen molar-refractivity contribution >= 4 is 23.2 Å². The van der Waals surface area contributed by atoms with Gasteiger partial charge in [-0.3, -0.25) is 4.79 Å². The first-order valence-corrected chi connectivity index (χ1v) is 6.31. The van der Waals surface area contributed by atoms with Crippen LogP contribution in [0, 0.1) is 5.92 Å². The fraction of sp³-hybridized carbons (Fsp3) is 0.462. The van der Waals surface area contributed by atoms with E-state index < -0.39 is 6.10 Å². The molecule has 1 aromatic carbocycles. The summed E-state index contributed by atoms with van der Waals surface area (Å²) in [6, 6.07) is 6.91. The van der Waals surface area contributed by atoms with Crippen LogP contribution in [0.5, 0.6) is 0 Å². The third-order valence-corrected chi connectivity index (χ3v) is 2.79. The Balaban J connectivity index is 2.27. The van der Waals surface area contributed by atoms with E-state index in [2.05, 4.69) is 10.6 Å². The van der Waals surface area contributed by atoms with E-state index in [1.54, 1.807) is 24.3 Å². The highest BCUT2D eigenvalue weighted by Gasteiger charge is 2.09. The van der Waals surface area contributed by atoms with E-state index in [0.717, 1.165) is 0 Å². The van der Waals surface area contributed by atoms with Crippen LogP contribution in [0.2, 0.25) is 5.02 Å². The smallest absolute Gasteiger partial charge is 0.238 e. The van der Waals surface area contributed by atoms with Crippen molar-refractivity contribution in [2.24, 2.45) is 5.92 Å². The van der Waals surface area contributed by atoms with E-state index in [4.69, 9.17) is 11.6 Å². The Kier molecular flexibility index (Phi) is 6.12. The van der Waals surface area contributed by atoms with Gasteiger partial charge < -0.3 is 15.7 Å². The zero-order chi connectivity index (χ0) is 13.5. The number of aliphatic hydroxyl groups is 1. The highest BCUT2D eigenvalue weighted by Crippen LogP contribution is 2.12. The summed E-state index contributed by atoms with van der Waals surface area (Å²) < 4.78 is 0. The molecule has 1 unspecified atom stereocenters. The van der Waals surface area contributed by atoms with Crippen LogP contribution in [-0.4, -0.2) is 30.2 Å². The van der Waals surface area contributed by atoms with Crippen LogP contribution >= 0.6 is 11.6 Å². The maximum absolute atomic E-state index is 11.6. The van der Waals surface area contributed by atoms with E-state index in [0.29, 0.717) is 17.3 Å². The number of aliphatic hydroxyl groups excluding tert-OH is 1. The zero-order valence-corrected chi connectivity index (χ0v) is 11.4. The first kappa shape index (κ1) is 15.0. The molecule has 100 valence electrons. The van der Waals surface area contributed by atoms with Gasteiger partial charge in [0.05, 0.1) is 12.6 Å². The van der Waals surface area contributed by atoms with E-state index >= 15 is 0 Å². The molecule has 1 atom stereocenters. The Bertz CT molecular complexity index is 379. The van der Waals surface area contributed by atoms with Crippen molar-refractivity contribution in [3.05, 3.63) is 29.3 Å². The van der Waals surface area contributed by atoms with Crippen LogP contribution in [0.25, 0.3) is 0 Å². The minimum absolute atomic E-state index is 0.145. The average Bonchev–Trinajstić information content (AvgIpc) is 2.32. The Morgan fingerprint density at radius 1 is 1.33 bits per heavy atom. The number of carbonyl (C=O) groups excluding carboxylic acids is 1. The monoisotopic (exact) mass is 270 g/mol. The first-order chi connectivity index (χ1) is 8.49. The van der Waals surface area contributed by atoms with Crippen molar-refractivity contribution in [2.75, 3.05) is 18.4 Å². The molecule has 0 aromatic heterocycles. The highest BCUT2D eigenvalue weighted by atomic mass is 35.5. The van der Waals surface area contributed by atoms with Crippen LogP contribution in [0.15, 0.2) is 24.3 Å². The maximum Gasteiger partial charge on any atom is 0.238 e. The molecule has 5 heteroatoms. The van der Waals surface area contributed by atoms with Crippen molar-refractivity contribution in [3.8, 4) is 0 Å². The van der Waals surface area contributed by atoms with Gasteiger partial charge in [-0.15, -0.1) is 0 Å². The Hall–Kier alpha value is -1.10. The van der Waals surface area contributed by atoms with E-state index in [-0.39, 0.29) is 18.4 Å². The molecule has 0 spiro atoms. The molecule has 4 nitrogen and oxygen atoms in total. The number of amides is 1. The minimum Gasteiger partial charge on any atom is -0.392 e. The van der Waals surface area contributed by atoms with Crippen molar-refractivity contribution in [1.82, 2.24) is 5.32 Å². The lowest BCUT2D eigenvalue weighted by Crippen LogP contribution is -2.35. The predicted molar refractivity (Wildman–Crippen MR) is 73.8 cm³/mol. The summed E-state index contributed by atoms with van der Waals surface area (Å²) in [6.45, 7) is 4.44. The van der Waals surface area contributed by atoms with Gasteiger partial charge in [0.15, 0.2) is 0 Å². The molecule has 0 heterocycles. The fourth-order valence-electron chi connectivity index (χ4n) is 1.31. The second-order valence-corrected chi connectivity index (χ2v) is 4.93. The van der Waals surface area contributed by atoms with Crippen LogP contribution in [0.3, 0.4) is 0 Å². The number of benzene rings is 1. The quantitative estimate of drug-likeness (QED) is 0.740. The lowest BCUT2D eigenvalue weighted by Gasteiger charge is -2.14. The van der Waals surface area contributed by atoms with Crippen molar-refractivity contribution in [1.29, 1.82) is 0 Å². The Morgan fingerprint density at radius 2 is 1.94 bits per heavy atom. The van der Waals surface area contributed by atoms with Crippen molar-refractivity contribution in [3.63, 3.8) is 0 Å². The molecule has 0 saturated heterocycles. The van der Waals surface area contributed by atoms with Gasteiger partial charge in [0.1, 0.15) is 0 Å². The van der Waals surface area contributed by atoms with E-state index in [1.165, 1.54) is 0 Å². The maximum atomic E-state index is 11.6. The molecule has 18 heavy (non-hydrogen) atoms. The number of anilines is 1. The van der Waals surface area contributed by atoms with Crippen LogP contribution in [0.4, 0.5) is 5.69 Å². The molecule has 1 aromatic rings. The lowest BCUT2D eigenvalue weighted by molar-refractivity contribution is -0.115. The summed E-state index contributed by atoms with van der Waals surface area (Å²) in [7, 11) is 0. The van der Waals surface area contributed by atoms with Gasteiger partial charge in [0.2, 0.25) is 5.91 Å². The molecule has 0 saturated carbocycles. The van der Waals surface area contributed by atoms with Gasteiger partial charge in [-0.05, 0) is 30.2 Å². The van der Waals surface area contributed by atoms with Crippen LogP contribution in [-0.2, 0) is 4.79 Å². The largest absolute Gasteiger partial charge is 0.392 e. The second-order valence-electron chi connectivity index (χ2n) is 4.50. The molecule has 3 N–H and O–H groups in total. The summed E-state index contributed by atoms with van der Waals surface area (Å²) in [5.41, 5.74) is 0.704. The molecule has 1 rings (SSSR count). The first-order valence-electron chi connectivity index (χ1n) is 5.93. The summed E-state index contributed by atoms with van der Waals surface area (Å²) in [5, 5.41) is 15.8. The fourth-order valence-corrected chi connectivity index (χ4v) is 1.43. The predicted octanol–water partition coefficient (Wildman–Crippen LogP) is 1.88. The van der Waals surface area contributed by atoms with Gasteiger partial charge in [-0.1, -0.05) is 25.4 Å². The molecule has 1 amide bonds. The number of nitrogens with one attached hydrogen (secondary N) is 2. The number of hydrogen-bond acceptors (Lipinski definition) is 3. The van der Waals surface area contributed by atoms with Crippen LogP contribution < -0.4 is 10.6 Å². The third-order valence-electron chi connectivity index (χ3n) is 2.54. The van der Waals surface area contributed by atoms with Gasteiger partial charge in [-0.25, -0.2) is 0 Å². The molecule has 0 aliphatic heterocycles. The van der Waals surface area contributed by atoms with Crippen LogP contribution in [0.1, 0.15) is 13.8 Å². The minimum atomic E-state index is -0.437. The average molecular weight is 271 g/mol. The number of carbonyl (C=O) groups is 1. The van der Waals surface area contributed by atoms with E-state index in [1.807, 2.05) is 13.8 Å². The summed E-state index contributed by atoms with van der Waals surface area (Å²) in [6.07, 6.45) is -0.437. The topological polar surface area (TPSA) is 61.4 Å². The van der Waals surface area contributed by atoms with Crippen molar-refractivity contribution < 1.29 is 9.90 Å². The Labute approximate surface area is 112 Å². The molecular formula is C13H19ClN2O2. The normalized spacial score (nSPS) is 12.5. The molecular weight excluding hydrogens is 252 g/mol. The second kappa shape index (κ2) is 7.36. The number of rotatable bonds is 6. The standard InChI is InChI=1S/C13H19ClN2O2/c1-9(2)12(17)7-15-8-13(18)16-11-5-3-10(14)4-6-11/h3-6,9,12,15,17H,7-8H2,1-2H3,(H,16,18). The van der Waals surface area contributed by atoms with Crippen molar-refractivity contribution in [2.45, 2.75) is 20.0 Å². The summed E-state index contributed by atoms with van der Waals surface area (Å²) >= 11 is 5.74. The number of hydrogen-bond donors (Lipinski definition) is 3. The Morgan fingerprint density at radius 3 is 2.50 bits per heavy atom. The molecule has 0 fully saturated rings. The number of halogens is 1. The lowest BCUT2D eigenvalue weighted by atomic mass is 10.1. The molecule has 0 aliphatic carbocycles. The van der Waals surface area contributed by atoms with E-state index in [9.17, 15) is 9.90 Å². The molecule has 0 aliphatic rings. The molecule has 0 radical (unpaired) electrons. The summed E-state index contributed by atoms with van der Waals surface area (Å²) in [5.74, 6) is 0.0325. The third kappa shape index (κ3) is 5.49. The van der Waals surface area contributed by atoms with Gasteiger partial charge in [0.25, 0.3) is 0 Å². The van der Waals surface area contributed by atoms with Gasteiger partial charge >= 0.3 is 0 Å². The SMILES string of the molecule is CC(C)C(O)CNCC(=O)Nc1ccc(Cl)cc1. The van der Waals surface area contributed by atoms with Gasteiger partial charge in [-0.2, -0.15) is 0 Å². The molecule has 0 bridgehead atoms. The summed E-state index contributed by atoms with van der Waals surface area (Å²) in [4.78, 5) is 11.6. The highest BCUT2D eigenvalue weighted by molar-refractivity contribution is 6.30.